The maximum atomic E-state index is 13.1. The van der Waals surface area contributed by atoms with E-state index in [0.29, 0.717) is 31.1 Å². The van der Waals surface area contributed by atoms with Crippen LogP contribution in [-0.2, 0) is 23.0 Å². The molecular formula is C17H21FN4O2S. The first kappa shape index (κ1) is 16.7. The maximum Gasteiger partial charge on any atom is 0.211 e. The molecule has 0 radical (unpaired) electrons. The van der Waals surface area contributed by atoms with Gasteiger partial charge in [0, 0.05) is 24.6 Å². The molecule has 25 heavy (non-hydrogen) atoms. The Bertz CT molecular complexity index is 859. The van der Waals surface area contributed by atoms with E-state index in [2.05, 4.69) is 14.9 Å². The number of aromatic nitrogens is 3. The zero-order chi connectivity index (χ0) is 17.4. The van der Waals surface area contributed by atoms with Gasteiger partial charge in [-0.2, -0.15) is 0 Å². The Balaban J connectivity index is 1.48. The van der Waals surface area contributed by atoms with Crippen LogP contribution in [0.5, 0.6) is 0 Å². The molecule has 1 aromatic heterocycles. The van der Waals surface area contributed by atoms with E-state index in [4.69, 9.17) is 0 Å². The highest BCUT2D eigenvalue weighted by Crippen LogP contribution is 2.32. The van der Waals surface area contributed by atoms with Crippen LogP contribution in [0.2, 0.25) is 0 Å². The van der Waals surface area contributed by atoms with Gasteiger partial charge in [0.15, 0.2) is 5.82 Å². The van der Waals surface area contributed by atoms with Gasteiger partial charge in [0.1, 0.15) is 11.6 Å². The van der Waals surface area contributed by atoms with E-state index in [1.165, 1.54) is 12.1 Å². The summed E-state index contributed by atoms with van der Waals surface area (Å²) >= 11 is 0. The molecule has 0 bridgehead atoms. The lowest BCUT2D eigenvalue weighted by Gasteiger charge is -2.25. The number of sulfonamides is 1. The van der Waals surface area contributed by atoms with Crippen molar-refractivity contribution >= 4 is 10.0 Å². The second-order valence-corrected chi connectivity index (χ2v) is 8.84. The van der Waals surface area contributed by atoms with E-state index in [-0.39, 0.29) is 17.6 Å². The molecule has 2 aliphatic rings. The van der Waals surface area contributed by atoms with Gasteiger partial charge in [0.25, 0.3) is 0 Å². The standard InChI is InChI=1S/C17H21FN4O2S/c18-14-5-3-13(4-6-14)17-20-19-16-8-7-15(11-22(16)17)21-25(23,24)10-9-12-1-2-12/h3-6,12,15,21H,1-2,7-11H2. The van der Waals surface area contributed by atoms with Crippen molar-refractivity contribution < 1.29 is 12.8 Å². The van der Waals surface area contributed by atoms with Gasteiger partial charge in [-0.3, -0.25) is 0 Å². The van der Waals surface area contributed by atoms with Gasteiger partial charge in [-0.1, -0.05) is 12.8 Å². The third-order valence-corrected chi connectivity index (χ3v) is 6.35. The topological polar surface area (TPSA) is 76.9 Å². The van der Waals surface area contributed by atoms with Crippen LogP contribution in [0.25, 0.3) is 11.4 Å². The summed E-state index contributed by atoms with van der Waals surface area (Å²) in [7, 11) is -3.26. The van der Waals surface area contributed by atoms with Crippen LogP contribution >= 0.6 is 0 Å². The number of rotatable bonds is 6. The van der Waals surface area contributed by atoms with Gasteiger partial charge < -0.3 is 4.57 Å². The Kier molecular flexibility index (Phi) is 4.33. The van der Waals surface area contributed by atoms with E-state index in [9.17, 15) is 12.8 Å². The predicted molar refractivity (Wildman–Crippen MR) is 91.8 cm³/mol. The molecule has 1 unspecified atom stereocenters. The van der Waals surface area contributed by atoms with Crippen LogP contribution in [0.15, 0.2) is 24.3 Å². The largest absolute Gasteiger partial charge is 0.309 e. The second-order valence-electron chi connectivity index (χ2n) is 6.96. The molecule has 2 aromatic rings. The molecule has 1 fully saturated rings. The van der Waals surface area contributed by atoms with Gasteiger partial charge in [-0.25, -0.2) is 17.5 Å². The van der Waals surface area contributed by atoms with E-state index < -0.39 is 10.0 Å². The van der Waals surface area contributed by atoms with Crippen molar-refractivity contribution in [3.05, 3.63) is 35.9 Å². The molecular weight excluding hydrogens is 343 g/mol. The molecule has 8 heteroatoms. The van der Waals surface area contributed by atoms with E-state index in [1.54, 1.807) is 12.1 Å². The summed E-state index contributed by atoms with van der Waals surface area (Å²) in [4.78, 5) is 0. The van der Waals surface area contributed by atoms with Crippen LogP contribution in [0.4, 0.5) is 4.39 Å². The summed E-state index contributed by atoms with van der Waals surface area (Å²) in [5.41, 5.74) is 0.775. The molecule has 4 rings (SSSR count). The van der Waals surface area contributed by atoms with E-state index in [0.717, 1.165) is 30.7 Å². The Morgan fingerprint density at radius 1 is 1.16 bits per heavy atom. The molecule has 1 aliphatic carbocycles. The lowest BCUT2D eigenvalue weighted by Crippen LogP contribution is -2.42. The van der Waals surface area contributed by atoms with Gasteiger partial charge in [0.2, 0.25) is 10.0 Å². The quantitative estimate of drug-likeness (QED) is 0.852. The summed E-state index contributed by atoms with van der Waals surface area (Å²) in [5, 5.41) is 8.41. The summed E-state index contributed by atoms with van der Waals surface area (Å²) in [6, 6.07) is 5.94. The Morgan fingerprint density at radius 3 is 2.64 bits per heavy atom. The predicted octanol–water partition coefficient (Wildman–Crippen LogP) is 2.12. The highest BCUT2D eigenvalue weighted by molar-refractivity contribution is 7.89. The average molecular weight is 364 g/mol. The van der Waals surface area contributed by atoms with Gasteiger partial charge in [-0.05, 0) is 43.0 Å². The van der Waals surface area contributed by atoms with E-state index >= 15 is 0 Å². The monoisotopic (exact) mass is 364 g/mol. The zero-order valence-electron chi connectivity index (χ0n) is 13.9. The van der Waals surface area contributed by atoms with E-state index in [1.807, 2.05) is 4.57 Å². The van der Waals surface area contributed by atoms with Gasteiger partial charge in [0.05, 0.1) is 5.75 Å². The fraction of sp³-hybridized carbons (Fsp3) is 0.529. The first-order valence-corrected chi connectivity index (χ1v) is 10.3. The van der Waals surface area contributed by atoms with Crippen LogP contribution < -0.4 is 4.72 Å². The van der Waals surface area contributed by atoms with Crippen molar-refractivity contribution in [3.63, 3.8) is 0 Å². The van der Waals surface area contributed by atoms with Crippen LogP contribution in [-0.4, -0.2) is 35.0 Å². The number of aryl methyl sites for hydroxylation is 1. The molecule has 0 amide bonds. The molecule has 1 atom stereocenters. The summed E-state index contributed by atoms with van der Waals surface area (Å²) in [6.45, 7) is 0.498. The van der Waals surface area contributed by atoms with Crippen molar-refractivity contribution in [2.75, 3.05) is 5.75 Å². The maximum absolute atomic E-state index is 13.1. The summed E-state index contributed by atoms with van der Waals surface area (Å²) in [6.07, 6.45) is 4.45. The van der Waals surface area contributed by atoms with Crippen molar-refractivity contribution in [2.45, 2.75) is 44.7 Å². The van der Waals surface area contributed by atoms with Crippen LogP contribution in [0.3, 0.4) is 0 Å². The molecule has 1 N–H and O–H groups in total. The third kappa shape index (κ3) is 3.90. The normalized spacial score (nSPS) is 20.4. The van der Waals surface area contributed by atoms with Gasteiger partial charge >= 0.3 is 0 Å². The number of halogens is 1. The molecule has 1 saturated carbocycles. The molecule has 1 aromatic carbocycles. The minimum atomic E-state index is -3.26. The highest BCUT2D eigenvalue weighted by atomic mass is 32.2. The molecule has 6 nitrogen and oxygen atoms in total. The Morgan fingerprint density at radius 2 is 1.92 bits per heavy atom. The Hall–Kier alpha value is -1.80. The average Bonchev–Trinajstić information content (AvgIpc) is 3.33. The number of nitrogens with one attached hydrogen (secondary N) is 1. The van der Waals surface area contributed by atoms with Crippen molar-refractivity contribution in [2.24, 2.45) is 5.92 Å². The second kappa shape index (κ2) is 6.49. The zero-order valence-corrected chi connectivity index (χ0v) is 14.7. The SMILES string of the molecule is O=S(=O)(CCC1CC1)NC1CCc2nnc(-c3ccc(F)cc3)n2C1. The van der Waals surface area contributed by atoms with Crippen molar-refractivity contribution in [1.29, 1.82) is 0 Å². The fourth-order valence-electron chi connectivity index (χ4n) is 3.28. The van der Waals surface area contributed by atoms with Crippen molar-refractivity contribution in [3.8, 4) is 11.4 Å². The number of nitrogens with zero attached hydrogens (tertiary/aromatic N) is 3. The lowest BCUT2D eigenvalue weighted by atomic mass is 10.1. The first-order chi connectivity index (χ1) is 12.0. The number of benzene rings is 1. The third-order valence-electron chi connectivity index (χ3n) is 4.89. The highest BCUT2D eigenvalue weighted by Gasteiger charge is 2.28. The number of hydrogen-bond donors (Lipinski definition) is 1. The minimum Gasteiger partial charge on any atom is -0.309 e. The minimum absolute atomic E-state index is 0.160. The molecule has 0 saturated heterocycles. The molecule has 1 aliphatic heterocycles. The molecule has 2 heterocycles. The summed E-state index contributed by atoms with van der Waals surface area (Å²) in [5.74, 6) is 1.99. The summed E-state index contributed by atoms with van der Waals surface area (Å²) < 4.78 is 42.5. The van der Waals surface area contributed by atoms with Crippen molar-refractivity contribution in [1.82, 2.24) is 19.5 Å². The number of hydrogen-bond acceptors (Lipinski definition) is 4. The van der Waals surface area contributed by atoms with Crippen LogP contribution in [0, 0.1) is 11.7 Å². The van der Waals surface area contributed by atoms with Crippen LogP contribution in [0.1, 0.15) is 31.5 Å². The molecule has 0 spiro atoms. The first-order valence-electron chi connectivity index (χ1n) is 8.68. The molecule has 134 valence electrons. The smallest absolute Gasteiger partial charge is 0.211 e. The Labute approximate surface area is 146 Å². The fourth-order valence-corrected chi connectivity index (χ4v) is 4.74. The lowest BCUT2D eigenvalue weighted by molar-refractivity contribution is 0.422. The van der Waals surface area contributed by atoms with Gasteiger partial charge in [-0.15, -0.1) is 10.2 Å². The number of fused-ring (bicyclic) bond motifs is 1.